The first-order valence-corrected chi connectivity index (χ1v) is 17.8. The van der Waals surface area contributed by atoms with Crippen LogP contribution in [0, 0.1) is 0 Å². The number of benzene rings is 3. The number of hydrogen-bond donors (Lipinski definition) is 3. The Labute approximate surface area is 312 Å². The van der Waals surface area contributed by atoms with Crippen molar-refractivity contribution in [2.45, 2.75) is 44.3 Å². The number of imidazole rings is 2. The van der Waals surface area contributed by atoms with E-state index in [1.165, 1.54) is 7.11 Å². The Hall–Kier alpha value is -6.63. The molecule has 1 aliphatic rings. The molecule has 0 bridgehead atoms. The molecule has 4 heterocycles. The van der Waals surface area contributed by atoms with Crippen molar-refractivity contribution < 1.29 is 19.1 Å². The van der Waals surface area contributed by atoms with Crippen molar-refractivity contribution >= 4 is 17.9 Å². The molecule has 0 unspecified atom stereocenters. The van der Waals surface area contributed by atoms with Crippen LogP contribution in [-0.2, 0) is 20.7 Å². The van der Waals surface area contributed by atoms with Crippen molar-refractivity contribution in [3.63, 3.8) is 0 Å². The third-order valence-electron chi connectivity index (χ3n) is 9.85. The summed E-state index contributed by atoms with van der Waals surface area (Å²) < 4.78 is 4.77. The number of carbonyl (C=O) groups is 3. The number of carbonyl (C=O) groups excluding carboxylic acids is 3. The van der Waals surface area contributed by atoms with Gasteiger partial charge in [-0.15, -0.1) is 0 Å². The molecule has 13 nitrogen and oxygen atoms in total. The molecule has 3 atom stereocenters. The summed E-state index contributed by atoms with van der Waals surface area (Å²) in [5, 5.41) is 2.64. The van der Waals surface area contributed by atoms with Gasteiger partial charge in [0.25, 0.3) is 0 Å². The van der Waals surface area contributed by atoms with E-state index in [1.54, 1.807) is 48.9 Å². The lowest BCUT2D eigenvalue weighted by atomic mass is 10.1. The summed E-state index contributed by atoms with van der Waals surface area (Å²) in [6.45, 7) is 2.58. The highest BCUT2D eigenvalue weighted by molar-refractivity contribution is 5.87. The Morgan fingerprint density at radius 3 is 2.19 bits per heavy atom. The molecule has 1 saturated heterocycles. The van der Waals surface area contributed by atoms with Crippen LogP contribution in [0.1, 0.15) is 60.7 Å². The highest BCUT2D eigenvalue weighted by Gasteiger charge is 2.32. The molecule has 3 amide bonds. The number of rotatable bonds is 11. The molecule has 0 aliphatic carbocycles. The van der Waals surface area contributed by atoms with Gasteiger partial charge in [-0.3, -0.25) is 9.59 Å². The molecule has 3 aromatic carbocycles. The first kappa shape index (κ1) is 35.8. The standard InChI is InChI=1S/C41H41N9O4/c1-26(49(2)40(52)36(48-41(53)54-3)29-13-8-5-9-14-29)37-44-24-32(46-37)28-16-18-30(19-17-28)38-42-22-31(23-43-38)33-25-45-39(47-33)34-15-10-20-50(34)35(51)21-27-11-6-4-7-12-27/h4-9,11-14,16-19,22-26,34,36H,10,15,20-21H2,1-3H3,(H,44,46)(H,45,47)(H,48,53)/t26-,34-,36+/m0/s1. The van der Waals surface area contributed by atoms with Crippen LogP contribution in [0.4, 0.5) is 4.79 Å². The number of methoxy groups -OCH3 is 1. The molecule has 6 aromatic rings. The highest BCUT2D eigenvalue weighted by atomic mass is 16.5. The summed E-state index contributed by atoms with van der Waals surface area (Å²) in [7, 11) is 2.93. The molecule has 54 heavy (non-hydrogen) atoms. The third-order valence-corrected chi connectivity index (χ3v) is 9.85. The molecule has 0 saturated carbocycles. The van der Waals surface area contributed by atoms with Gasteiger partial charge < -0.3 is 29.8 Å². The first-order chi connectivity index (χ1) is 26.3. The number of aromatic amines is 2. The van der Waals surface area contributed by atoms with Gasteiger partial charge in [0, 0.05) is 37.1 Å². The Balaban J connectivity index is 0.990. The van der Waals surface area contributed by atoms with E-state index < -0.39 is 18.2 Å². The van der Waals surface area contributed by atoms with Gasteiger partial charge in [-0.2, -0.15) is 0 Å². The second kappa shape index (κ2) is 15.9. The number of ether oxygens (including phenoxy) is 1. The molecule has 0 spiro atoms. The van der Waals surface area contributed by atoms with E-state index in [1.807, 2.05) is 84.6 Å². The summed E-state index contributed by atoms with van der Waals surface area (Å²) in [4.78, 5) is 67.5. The Morgan fingerprint density at radius 1 is 0.833 bits per heavy atom. The monoisotopic (exact) mass is 723 g/mol. The summed E-state index contributed by atoms with van der Waals surface area (Å²) in [6, 6.07) is 25.2. The quantitative estimate of drug-likeness (QED) is 0.138. The third kappa shape index (κ3) is 7.75. The number of hydrogen-bond acceptors (Lipinski definition) is 8. The molecular formula is C41H41N9O4. The maximum atomic E-state index is 13.6. The number of alkyl carbamates (subject to hydrolysis) is 1. The fourth-order valence-corrected chi connectivity index (χ4v) is 6.67. The molecule has 1 fully saturated rings. The van der Waals surface area contributed by atoms with E-state index in [2.05, 4.69) is 35.2 Å². The van der Waals surface area contributed by atoms with Crippen molar-refractivity contribution in [3.8, 4) is 33.9 Å². The number of aromatic nitrogens is 6. The lowest BCUT2D eigenvalue weighted by molar-refractivity contribution is -0.134. The summed E-state index contributed by atoms with van der Waals surface area (Å²) >= 11 is 0. The average Bonchev–Trinajstić information content (AvgIpc) is 4.02. The maximum Gasteiger partial charge on any atom is 0.407 e. The minimum atomic E-state index is -0.925. The normalized spacial score (nSPS) is 15.0. The molecule has 7 rings (SSSR count). The summed E-state index contributed by atoms with van der Waals surface area (Å²) in [5.74, 6) is 1.73. The van der Waals surface area contributed by atoms with Crippen molar-refractivity contribution in [3.05, 3.63) is 132 Å². The zero-order chi connectivity index (χ0) is 37.6. The van der Waals surface area contributed by atoms with Crippen LogP contribution in [0.25, 0.3) is 33.9 Å². The topological polar surface area (TPSA) is 162 Å². The zero-order valence-electron chi connectivity index (χ0n) is 30.3. The van der Waals surface area contributed by atoms with E-state index in [0.717, 1.165) is 58.9 Å². The highest BCUT2D eigenvalue weighted by Crippen LogP contribution is 2.32. The Bertz CT molecular complexity index is 2200. The minimum Gasteiger partial charge on any atom is -0.453 e. The van der Waals surface area contributed by atoms with Gasteiger partial charge in [-0.25, -0.2) is 24.7 Å². The fraction of sp³-hybridized carbons (Fsp3) is 0.244. The minimum absolute atomic E-state index is 0.0893. The SMILES string of the molecule is COC(=O)N[C@@H](C(=O)N(C)[C@@H](C)c1ncc(-c2ccc(-c3ncc(-c4cnc([C@@H]5CCCN5C(=O)Cc5ccccc5)[nH]4)cn3)cc2)[nH]1)c1ccccc1. The number of likely N-dealkylation sites (tertiary alicyclic amines) is 1. The van der Waals surface area contributed by atoms with E-state index in [0.29, 0.717) is 23.6 Å². The van der Waals surface area contributed by atoms with E-state index in [-0.39, 0.29) is 17.9 Å². The number of amides is 3. The zero-order valence-corrected chi connectivity index (χ0v) is 30.3. The maximum absolute atomic E-state index is 13.6. The predicted octanol–water partition coefficient (Wildman–Crippen LogP) is 6.45. The van der Waals surface area contributed by atoms with Crippen molar-refractivity contribution in [2.24, 2.45) is 0 Å². The van der Waals surface area contributed by atoms with Gasteiger partial charge in [0.2, 0.25) is 11.8 Å². The van der Waals surface area contributed by atoms with Gasteiger partial charge in [-0.1, -0.05) is 84.9 Å². The number of H-pyrrole nitrogens is 2. The molecule has 13 heteroatoms. The first-order valence-electron chi connectivity index (χ1n) is 17.8. The lowest BCUT2D eigenvalue weighted by Crippen LogP contribution is -2.42. The molecular weight excluding hydrogens is 683 g/mol. The number of nitrogens with one attached hydrogen (secondary N) is 3. The van der Waals surface area contributed by atoms with Crippen molar-refractivity contribution in [2.75, 3.05) is 20.7 Å². The number of nitrogens with zero attached hydrogens (tertiary/aromatic N) is 6. The van der Waals surface area contributed by atoms with Gasteiger partial charge in [-0.05, 0) is 36.5 Å². The fourth-order valence-electron chi connectivity index (χ4n) is 6.67. The smallest absolute Gasteiger partial charge is 0.407 e. The van der Waals surface area contributed by atoms with Gasteiger partial charge in [0.1, 0.15) is 17.7 Å². The predicted molar refractivity (Wildman–Crippen MR) is 202 cm³/mol. The second-order valence-electron chi connectivity index (χ2n) is 13.2. The van der Waals surface area contributed by atoms with E-state index in [4.69, 9.17) is 4.74 Å². The van der Waals surface area contributed by atoms with E-state index in [9.17, 15) is 14.4 Å². The van der Waals surface area contributed by atoms with Crippen LogP contribution in [0.2, 0.25) is 0 Å². The van der Waals surface area contributed by atoms with Crippen LogP contribution in [0.15, 0.2) is 110 Å². The van der Waals surface area contributed by atoms with Crippen LogP contribution in [-0.4, -0.2) is 78.3 Å². The van der Waals surface area contributed by atoms with Crippen LogP contribution >= 0.6 is 0 Å². The second-order valence-corrected chi connectivity index (χ2v) is 13.2. The van der Waals surface area contributed by atoms with E-state index >= 15 is 0 Å². The van der Waals surface area contributed by atoms with Gasteiger partial charge in [0.05, 0.1) is 49.4 Å². The van der Waals surface area contributed by atoms with Crippen LogP contribution in [0.5, 0.6) is 0 Å². The van der Waals surface area contributed by atoms with Crippen LogP contribution in [0.3, 0.4) is 0 Å². The van der Waals surface area contributed by atoms with Crippen molar-refractivity contribution in [1.29, 1.82) is 0 Å². The van der Waals surface area contributed by atoms with Crippen molar-refractivity contribution in [1.82, 2.24) is 45.0 Å². The molecule has 0 radical (unpaired) electrons. The van der Waals surface area contributed by atoms with Gasteiger partial charge >= 0.3 is 6.09 Å². The molecule has 1 aliphatic heterocycles. The van der Waals surface area contributed by atoms with Gasteiger partial charge in [0.15, 0.2) is 5.82 Å². The largest absolute Gasteiger partial charge is 0.453 e. The summed E-state index contributed by atoms with van der Waals surface area (Å²) in [6.07, 6.45) is 8.51. The number of likely N-dealkylation sites (N-methyl/N-ethyl adjacent to an activating group) is 1. The Kier molecular flexibility index (Phi) is 10.6. The van der Waals surface area contributed by atoms with Crippen LogP contribution < -0.4 is 5.32 Å². The summed E-state index contributed by atoms with van der Waals surface area (Å²) in [5.41, 5.74) is 5.76. The molecule has 274 valence electrons. The molecule has 3 N–H and O–H groups in total. The average molecular weight is 724 g/mol. The molecule has 3 aromatic heterocycles. The lowest BCUT2D eigenvalue weighted by Gasteiger charge is -2.28. The Morgan fingerprint density at radius 2 is 1.48 bits per heavy atom.